The van der Waals surface area contributed by atoms with E-state index in [1.54, 1.807) is 24.3 Å². The van der Waals surface area contributed by atoms with Crippen LogP contribution in [0.15, 0.2) is 36.4 Å². The van der Waals surface area contributed by atoms with Gasteiger partial charge >= 0.3 is 0 Å². The van der Waals surface area contributed by atoms with Gasteiger partial charge in [-0.15, -0.1) is 0 Å². The summed E-state index contributed by atoms with van der Waals surface area (Å²) in [6, 6.07) is 7.02. The third kappa shape index (κ3) is 2.21. The first-order valence-corrected chi connectivity index (χ1v) is 6.89. The molecule has 1 aromatic carbocycles. The molecule has 3 rings (SSSR count). The first kappa shape index (κ1) is 12.2. The minimum absolute atomic E-state index is 0.170. The van der Waals surface area contributed by atoms with Crippen molar-refractivity contribution in [3.05, 3.63) is 47.5 Å². The molecule has 1 saturated carbocycles. The quantitative estimate of drug-likeness (QED) is 0.615. The average Bonchev–Trinajstić information content (AvgIpc) is 3.02. The van der Waals surface area contributed by atoms with Crippen molar-refractivity contribution in [2.45, 2.75) is 25.7 Å². The lowest BCUT2D eigenvalue weighted by atomic mass is 10.1. The van der Waals surface area contributed by atoms with Crippen molar-refractivity contribution in [3.8, 4) is 0 Å². The molecule has 1 fully saturated rings. The fraction of sp³-hybridized carbons (Fsp3) is 0.375. The van der Waals surface area contributed by atoms with Crippen molar-refractivity contribution >= 4 is 11.8 Å². The Hall–Kier alpha value is -1.90. The van der Waals surface area contributed by atoms with Crippen molar-refractivity contribution in [1.29, 1.82) is 0 Å². The minimum atomic E-state index is -0.170. The largest absolute Gasteiger partial charge is 0.270 e. The van der Waals surface area contributed by atoms with Crippen LogP contribution in [0.5, 0.6) is 0 Å². The first-order valence-electron chi connectivity index (χ1n) is 6.89. The van der Waals surface area contributed by atoms with E-state index in [-0.39, 0.29) is 11.8 Å². The van der Waals surface area contributed by atoms with Gasteiger partial charge in [-0.2, -0.15) is 0 Å². The Kier molecular flexibility index (Phi) is 3.20. The second-order valence-corrected chi connectivity index (χ2v) is 5.24. The van der Waals surface area contributed by atoms with Gasteiger partial charge in [0.15, 0.2) is 0 Å². The topological polar surface area (TPSA) is 37.4 Å². The molecule has 3 heteroatoms. The van der Waals surface area contributed by atoms with Gasteiger partial charge in [0.05, 0.1) is 11.1 Å². The maximum absolute atomic E-state index is 12.1. The lowest BCUT2D eigenvalue weighted by Gasteiger charge is -2.11. The predicted molar refractivity (Wildman–Crippen MR) is 72.9 cm³/mol. The van der Waals surface area contributed by atoms with E-state index in [2.05, 4.69) is 6.08 Å². The summed E-state index contributed by atoms with van der Waals surface area (Å²) >= 11 is 0. The van der Waals surface area contributed by atoms with Crippen LogP contribution in [0.2, 0.25) is 0 Å². The van der Waals surface area contributed by atoms with Crippen molar-refractivity contribution in [1.82, 2.24) is 4.90 Å². The molecule has 0 radical (unpaired) electrons. The summed E-state index contributed by atoms with van der Waals surface area (Å²) in [6.45, 7) is 0.392. The number of imide groups is 1. The number of carbonyl (C=O) groups is 2. The summed E-state index contributed by atoms with van der Waals surface area (Å²) in [5, 5.41) is 0. The lowest BCUT2D eigenvalue weighted by molar-refractivity contribution is 0.0672. The van der Waals surface area contributed by atoms with Gasteiger partial charge in [0, 0.05) is 6.54 Å². The molecule has 0 N–H and O–H groups in total. The number of amides is 2. The molecule has 1 aliphatic carbocycles. The van der Waals surface area contributed by atoms with E-state index in [1.807, 2.05) is 6.08 Å². The van der Waals surface area contributed by atoms with Crippen molar-refractivity contribution in [2.75, 3.05) is 6.54 Å². The highest BCUT2D eigenvalue weighted by atomic mass is 16.2. The van der Waals surface area contributed by atoms with E-state index < -0.39 is 0 Å². The molecule has 0 saturated heterocycles. The average molecular weight is 255 g/mol. The number of hydrogen-bond donors (Lipinski definition) is 0. The monoisotopic (exact) mass is 255 g/mol. The highest BCUT2D eigenvalue weighted by molar-refractivity contribution is 6.21. The second kappa shape index (κ2) is 5.00. The Morgan fingerprint density at radius 2 is 1.63 bits per heavy atom. The van der Waals surface area contributed by atoms with Gasteiger partial charge in [-0.05, 0) is 30.9 Å². The Labute approximate surface area is 112 Å². The predicted octanol–water partition coefficient (Wildman–Crippen LogP) is 3.03. The zero-order valence-electron chi connectivity index (χ0n) is 10.8. The molecule has 1 aromatic rings. The SMILES string of the molecule is O=C1c2ccccc2C(=O)N1C/C=C/C1CCCC1. The summed E-state index contributed by atoms with van der Waals surface area (Å²) < 4.78 is 0. The molecular weight excluding hydrogens is 238 g/mol. The molecule has 98 valence electrons. The molecule has 0 atom stereocenters. The molecule has 2 aliphatic rings. The van der Waals surface area contributed by atoms with Crippen LogP contribution in [-0.2, 0) is 0 Å². The van der Waals surface area contributed by atoms with Crippen molar-refractivity contribution < 1.29 is 9.59 Å². The lowest BCUT2D eigenvalue weighted by Crippen LogP contribution is -2.29. The number of carbonyl (C=O) groups excluding carboxylic acids is 2. The van der Waals surface area contributed by atoms with Gasteiger partial charge in [0.2, 0.25) is 0 Å². The van der Waals surface area contributed by atoms with Gasteiger partial charge in [-0.3, -0.25) is 14.5 Å². The Bertz CT molecular complexity index is 506. The number of benzene rings is 1. The number of rotatable bonds is 3. The second-order valence-electron chi connectivity index (χ2n) is 5.24. The van der Waals surface area contributed by atoms with E-state index in [4.69, 9.17) is 0 Å². The van der Waals surface area contributed by atoms with Crippen LogP contribution in [-0.4, -0.2) is 23.3 Å². The fourth-order valence-corrected chi connectivity index (χ4v) is 2.91. The molecule has 0 spiro atoms. The van der Waals surface area contributed by atoms with Gasteiger partial charge in [0.1, 0.15) is 0 Å². The maximum atomic E-state index is 12.1. The zero-order chi connectivity index (χ0) is 13.2. The fourth-order valence-electron chi connectivity index (χ4n) is 2.91. The Morgan fingerprint density at radius 1 is 1.05 bits per heavy atom. The van der Waals surface area contributed by atoms with Gasteiger partial charge in [-0.25, -0.2) is 0 Å². The summed E-state index contributed by atoms with van der Waals surface area (Å²) in [5.41, 5.74) is 1.06. The Balaban J connectivity index is 1.70. The van der Waals surface area contributed by atoms with Crippen LogP contribution < -0.4 is 0 Å². The van der Waals surface area contributed by atoms with E-state index in [0.717, 1.165) is 0 Å². The smallest absolute Gasteiger partial charge is 0.261 e. The first-order chi connectivity index (χ1) is 9.27. The molecule has 0 unspecified atom stereocenters. The van der Waals surface area contributed by atoms with Gasteiger partial charge < -0.3 is 0 Å². The molecule has 1 heterocycles. The molecule has 2 amide bonds. The van der Waals surface area contributed by atoms with Gasteiger partial charge in [0.25, 0.3) is 11.8 Å². The third-order valence-corrected chi connectivity index (χ3v) is 3.97. The van der Waals surface area contributed by atoms with E-state index in [1.165, 1.54) is 30.6 Å². The summed E-state index contributed by atoms with van der Waals surface area (Å²) in [5.74, 6) is 0.295. The maximum Gasteiger partial charge on any atom is 0.261 e. The highest BCUT2D eigenvalue weighted by Crippen LogP contribution is 2.26. The van der Waals surface area contributed by atoms with Gasteiger partial charge in [-0.1, -0.05) is 37.1 Å². The number of nitrogens with zero attached hydrogens (tertiary/aromatic N) is 1. The van der Waals surface area contributed by atoms with Crippen LogP contribution in [0.3, 0.4) is 0 Å². The summed E-state index contributed by atoms with van der Waals surface area (Å²) in [4.78, 5) is 25.5. The number of hydrogen-bond acceptors (Lipinski definition) is 2. The number of fused-ring (bicyclic) bond motifs is 1. The summed E-state index contributed by atoms with van der Waals surface area (Å²) in [6.07, 6.45) is 9.19. The standard InChI is InChI=1S/C16H17NO2/c18-15-13-9-3-4-10-14(13)16(19)17(15)11-5-8-12-6-1-2-7-12/h3-5,8-10,12H,1-2,6-7,11H2/b8-5+. The number of allylic oxidation sites excluding steroid dienone is 1. The van der Waals surface area contributed by atoms with Crippen LogP contribution in [0.4, 0.5) is 0 Å². The normalized spacial score (nSPS) is 19.7. The summed E-state index contributed by atoms with van der Waals surface area (Å²) in [7, 11) is 0. The molecule has 1 aliphatic heterocycles. The molecule has 19 heavy (non-hydrogen) atoms. The van der Waals surface area contributed by atoms with E-state index >= 15 is 0 Å². The van der Waals surface area contributed by atoms with Crippen LogP contribution in [0.1, 0.15) is 46.4 Å². The molecule has 0 bridgehead atoms. The van der Waals surface area contributed by atoms with Crippen LogP contribution in [0, 0.1) is 5.92 Å². The highest BCUT2D eigenvalue weighted by Gasteiger charge is 2.34. The third-order valence-electron chi connectivity index (χ3n) is 3.97. The van der Waals surface area contributed by atoms with E-state index in [9.17, 15) is 9.59 Å². The van der Waals surface area contributed by atoms with E-state index in [0.29, 0.717) is 23.6 Å². The molecule has 0 aromatic heterocycles. The van der Waals surface area contributed by atoms with Crippen LogP contribution >= 0.6 is 0 Å². The van der Waals surface area contributed by atoms with Crippen molar-refractivity contribution in [3.63, 3.8) is 0 Å². The minimum Gasteiger partial charge on any atom is -0.270 e. The van der Waals surface area contributed by atoms with Crippen molar-refractivity contribution in [2.24, 2.45) is 5.92 Å². The molecular formula is C16H17NO2. The van der Waals surface area contributed by atoms with Crippen LogP contribution in [0.25, 0.3) is 0 Å². The molecule has 3 nitrogen and oxygen atoms in total. The Morgan fingerprint density at radius 3 is 2.21 bits per heavy atom. The zero-order valence-corrected chi connectivity index (χ0v) is 10.8.